The first-order chi connectivity index (χ1) is 13.4. The van der Waals surface area contributed by atoms with E-state index in [9.17, 15) is 14.4 Å². The van der Waals surface area contributed by atoms with E-state index >= 15 is 0 Å². The predicted molar refractivity (Wildman–Crippen MR) is 108 cm³/mol. The number of hydrogen-bond acceptors (Lipinski definition) is 3. The maximum atomic E-state index is 12.6. The Bertz CT molecular complexity index is 702. The van der Waals surface area contributed by atoms with Crippen molar-refractivity contribution in [2.45, 2.75) is 65.3 Å². The van der Waals surface area contributed by atoms with Crippen molar-refractivity contribution in [2.24, 2.45) is 17.8 Å². The van der Waals surface area contributed by atoms with E-state index in [1.165, 1.54) is 10.5 Å². The topological polar surface area (TPSA) is 66.5 Å². The molecule has 1 saturated carbocycles. The molecule has 1 aromatic rings. The van der Waals surface area contributed by atoms with Gasteiger partial charge in [-0.15, -0.1) is 0 Å². The fourth-order valence-corrected chi connectivity index (χ4v) is 4.51. The van der Waals surface area contributed by atoms with Gasteiger partial charge < -0.3 is 5.32 Å². The molecular formula is C23H32N2O3. The number of benzene rings is 1. The van der Waals surface area contributed by atoms with E-state index in [-0.39, 0.29) is 54.5 Å². The van der Waals surface area contributed by atoms with Crippen molar-refractivity contribution in [3.63, 3.8) is 0 Å². The number of nitrogens with zero attached hydrogens (tertiary/aromatic N) is 1. The quantitative estimate of drug-likeness (QED) is 0.730. The lowest BCUT2D eigenvalue weighted by Gasteiger charge is -2.24. The lowest BCUT2D eigenvalue weighted by Crippen LogP contribution is -2.37. The monoisotopic (exact) mass is 384 g/mol. The second-order valence-corrected chi connectivity index (χ2v) is 8.46. The minimum Gasteiger partial charge on any atom is -0.349 e. The summed E-state index contributed by atoms with van der Waals surface area (Å²) in [6, 6.07) is 8.26. The van der Waals surface area contributed by atoms with E-state index in [1.807, 2.05) is 0 Å². The van der Waals surface area contributed by atoms with Gasteiger partial charge in [0.15, 0.2) is 0 Å². The first-order valence-electron chi connectivity index (χ1n) is 10.7. The SMILES string of the molecule is CCc1ccc([C@H](NC(=O)CCN2C(=O)[C@H]3CCCC[C@@H]3C2=O)C(C)C)cc1. The first kappa shape index (κ1) is 20.6. The van der Waals surface area contributed by atoms with Crippen LogP contribution in [-0.4, -0.2) is 29.2 Å². The third kappa shape index (κ3) is 4.29. The Hall–Kier alpha value is -2.17. The summed E-state index contributed by atoms with van der Waals surface area (Å²) in [5, 5.41) is 3.10. The number of aryl methyl sites for hydroxylation is 1. The van der Waals surface area contributed by atoms with Gasteiger partial charge in [-0.25, -0.2) is 0 Å². The van der Waals surface area contributed by atoms with Gasteiger partial charge in [-0.3, -0.25) is 19.3 Å². The van der Waals surface area contributed by atoms with Gasteiger partial charge in [-0.05, 0) is 36.3 Å². The van der Waals surface area contributed by atoms with Gasteiger partial charge >= 0.3 is 0 Å². The van der Waals surface area contributed by atoms with E-state index in [2.05, 4.69) is 50.4 Å². The zero-order valence-electron chi connectivity index (χ0n) is 17.2. The van der Waals surface area contributed by atoms with Crippen LogP contribution in [0.25, 0.3) is 0 Å². The molecule has 1 saturated heterocycles. The molecule has 0 spiro atoms. The van der Waals surface area contributed by atoms with Gasteiger partial charge in [0.1, 0.15) is 0 Å². The molecule has 2 fully saturated rings. The van der Waals surface area contributed by atoms with Gasteiger partial charge in [0.05, 0.1) is 17.9 Å². The Morgan fingerprint density at radius 2 is 1.64 bits per heavy atom. The van der Waals surface area contributed by atoms with Crippen LogP contribution in [0, 0.1) is 17.8 Å². The Morgan fingerprint density at radius 3 is 2.14 bits per heavy atom. The summed E-state index contributed by atoms with van der Waals surface area (Å²) < 4.78 is 0. The fourth-order valence-electron chi connectivity index (χ4n) is 4.51. The molecule has 1 N–H and O–H groups in total. The third-order valence-electron chi connectivity index (χ3n) is 6.23. The lowest BCUT2D eigenvalue weighted by molar-refractivity contribution is -0.140. The largest absolute Gasteiger partial charge is 0.349 e. The number of hydrogen-bond donors (Lipinski definition) is 1. The molecule has 1 heterocycles. The molecular weight excluding hydrogens is 352 g/mol. The van der Waals surface area contributed by atoms with Crippen molar-refractivity contribution in [2.75, 3.05) is 6.54 Å². The van der Waals surface area contributed by atoms with Gasteiger partial charge in [-0.1, -0.05) is 57.9 Å². The highest BCUT2D eigenvalue weighted by Crippen LogP contribution is 2.38. The van der Waals surface area contributed by atoms with Crippen LogP contribution < -0.4 is 5.32 Å². The van der Waals surface area contributed by atoms with E-state index < -0.39 is 0 Å². The Balaban J connectivity index is 1.59. The fraction of sp³-hybridized carbons (Fsp3) is 0.609. The molecule has 28 heavy (non-hydrogen) atoms. The number of fused-ring (bicyclic) bond motifs is 1. The van der Waals surface area contributed by atoms with Gasteiger partial charge in [0, 0.05) is 13.0 Å². The number of rotatable bonds is 7. The summed E-state index contributed by atoms with van der Waals surface area (Å²) >= 11 is 0. The standard InChI is InChI=1S/C23H32N2O3/c1-4-16-9-11-17(12-10-16)21(15(2)3)24-20(26)13-14-25-22(27)18-7-5-6-8-19(18)23(25)28/h9-12,15,18-19,21H,4-8,13-14H2,1-3H3,(H,24,26)/t18-,19-,21+/m0/s1. The molecule has 3 amide bonds. The van der Waals surface area contributed by atoms with Crippen LogP contribution in [0.15, 0.2) is 24.3 Å². The van der Waals surface area contributed by atoms with Crippen LogP contribution in [0.4, 0.5) is 0 Å². The van der Waals surface area contributed by atoms with Crippen LogP contribution in [0.3, 0.4) is 0 Å². The van der Waals surface area contributed by atoms with E-state index in [0.717, 1.165) is 37.7 Å². The number of carbonyl (C=O) groups is 3. The van der Waals surface area contributed by atoms with Crippen molar-refractivity contribution in [1.29, 1.82) is 0 Å². The molecule has 1 aliphatic heterocycles. The van der Waals surface area contributed by atoms with Crippen molar-refractivity contribution in [3.8, 4) is 0 Å². The Kier molecular flexibility index (Phi) is 6.53. The first-order valence-corrected chi connectivity index (χ1v) is 10.7. The second-order valence-electron chi connectivity index (χ2n) is 8.46. The molecule has 2 aliphatic rings. The zero-order chi connectivity index (χ0) is 20.3. The molecule has 5 heteroatoms. The van der Waals surface area contributed by atoms with Crippen LogP contribution in [0.1, 0.15) is 70.0 Å². The molecule has 0 unspecified atom stereocenters. The molecule has 0 aromatic heterocycles. The summed E-state index contributed by atoms with van der Waals surface area (Å²) in [6.45, 7) is 6.47. The van der Waals surface area contributed by atoms with Gasteiger partial charge in [0.25, 0.3) is 0 Å². The number of likely N-dealkylation sites (tertiary alicyclic amines) is 1. The molecule has 0 radical (unpaired) electrons. The maximum absolute atomic E-state index is 12.6. The summed E-state index contributed by atoms with van der Waals surface area (Å²) in [5.74, 6) is -0.311. The van der Waals surface area contributed by atoms with E-state index in [0.29, 0.717) is 0 Å². The molecule has 1 aliphatic carbocycles. The Labute approximate surface area is 167 Å². The van der Waals surface area contributed by atoms with Gasteiger partial charge in [0.2, 0.25) is 17.7 Å². The van der Waals surface area contributed by atoms with Crippen molar-refractivity contribution < 1.29 is 14.4 Å². The van der Waals surface area contributed by atoms with Crippen molar-refractivity contribution in [1.82, 2.24) is 10.2 Å². The van der Waals surface area contributed by atoms with Crippen molar-refractivity contribution >= 4 is 17.7 Å². The Morgan fingerprint density at radius 1 is 1.07 bits per heavy atom. The minimum atomic E-state index is -0.148. The molecule has 152 valence electrons. The highest BCUT2D eigenvalue weighted by atomic mass is 16.2. The number of nitrogens with one attached hydrogen (secondary N) is 1. The molecule has 0 bridgehead atoms. The average Bonchev–Trinajstić information content (AvgIpc) is 2.95. The predicted octanol–water partition coefficient (Wildman–Crippen LogP) is 3.63. The van der Waals surface area contributed by atoms with Crippen LogP contribution in [0.2, 0.25) is 0 Å². The molecule has 5 nitrogen and oxygen atoms in total. The van der Waals surface area contributed by atoms with E-state index in [1.54, 1.807) is 0 Å². The number of imide groups is 1. The lowest BCUT2D eigenvalue weighted by atomic mass is 9.81. The highest BCUT2D eigenvalue weighted by Gasteiger charge is 2.47. The van der Waals surface area contributed by atoms with Crippen LogP contribution in [0.5, 0.6) is 0 Å². The molecule has 3 rings (SSSR count). The summed E-state index contributed by atoms with van der Waals surface area (Å²) in [6.07, 6.45) is 4.79. The van der Waals surface area contributed by atoms with Crippen LogP contribution >= 0.6 is 0 Å². The summed E-state index contributed by atoms with van der Waals surface area (Å²) in [5.41, 5.74) is 2.35. The van der Waals surface area contributed by atoms with Crippen LogP contribution in [-0.2, 0) is 20.8 Å². The summed E-state index contributed by atoms with van der Waals surface area (Å²) in [4.78, 5) is 39.0. The highest BCUT2D eigenvalue weighted by molar-refractivity contribution is 6.05. The zero-order valence-corrected chi connectivity index (χ0v) is 17.2. The minimum absolute atomic E-state index is 0.0712. The third-order valence-corrected chi connectivity index (χ3v) is 6.23. The summed E-state index contributed by atoms with van der Waals surface area (Å²) in [7, 11) is 0. The van der Waals surface area contributed by atoms with Gasteiger partial charge in [-0.2, -0.15) is 0 Å². The number of carbonyl (C=O) groups excluding carboxylic acids is 3. The van der Waals surface area contributed by atoms with E-state index in [4.69, 9.17) is 0 Å². The average molecular weight is 385 g/mol. The molecule has 1 aromatic carbocycles. The normalized spacial score (nSPS) is 23.1. The maximum Gasteiger partial charge on any atom is 0.233 e. The van der Waals surface area contributed by atoms with Crippen molar-refractivity contribution in [3.05, 3.63) is 35.4 Å². The number of amides is 3. The second kappa shape index (κ2) is 8.89. The molecule has 3 atom stereocenters. The smallest absolute Gasteiger partial charge is 0.233 e.